The summed E-state index contributed by atoms with van der Waals surface area (Å²) in [5, 5.41) is 9.55. The fourth-order valence-corrected chi connectivity index (χ4v) is 4.44. The zero-order valence-electron chi connectivity index (χ0n) is 17.7. The van der Waals surface area contributed by atoms with Crippen LogP contribution in [0.2, 0.25) is 0 Å². The normalized spacial score (nSPS) is 16.5. The molecule has 158 valence electrons. The number of ketones is 1. The van der Waals surface area contributed by atoms with Gasteiger partial charge in [-0.25, -0.2) is 0 Å². The molecule has 0 spiro atoms. The molecular weight excluding hydrogens is 392 g/mol. The quantitative estimate of drug-likeness (QED) is 0.485. The van der Waals surface area contributed by atoms with Crippen molar-refractivity contribution < 1.29 is 14.0 Å². The highest BCUT2D eigenvalue weighted by Gasteiger charge is 2.36. The molecule has 31 heavy (non-hydrogen) atoms. The fourth-order valence-electron chi connectivity index (χ4n) is 4.44. The summed E-state index contributed by atoms with van der Waals surface area (Å²) in [4.78, 5) is 26.7. The summed E-state index contributed by atoms with van der Waals surface area (Å²) < 4.78 is 7.95. The predicted octanol–water partition coefficient (Wildman–Crippen LogP) is 4.28. The third kappa shape index (κ3) is 3.40. The highest BCUT2D eigenvalue weighted by atomic mass is 16.3. The molecule has 0 aliphatic carbocycles. The van der Waals surface area contributed by atoms with E-state index in [4.69, 9.17) is 4.42 Å². The van der Waals surface area contributed by atoms with E-state index in [0.717, 1.165) is 40.8 Å². The Morgan fingerprint density at radius 1 is 1.19 bits per heavy atom. The zero-order valence-corrected chi connectivity index (χ0v) is 17.7. The number of amides is 1. The molecule has 1 unspecified atom stereocenters. The number of hydrogen-bond acceptors (Lipinski definition) is 5. The number of carbonyl (C=O) groups excluding carboxylic acids is 2. The molecule has 7 heteroatoms. The van der Waals surface area contributed by atoms with Gasteiger partial charge >= 0.3 is 0 Å². The van der Waals surface area contributed by atoms with E-state index in [2.05, 4.69) is 10.2 Å². The number of rotatable bonds is 5. The van der Waals surface area contributed by atoms with Gasteiger partial charge < -0.3 is 14.1 Å². The van der Waals surface area contributed by atoms with Gasteiger partial charge in [0.2, 0.25) is 0 Å². The van der Waals surface area contributed by atoms with Crippen molar-refractivity contribution in [1.82, 2.24) is 19.5 Å². The van der Waals surface area contributed by atoms with E-state index in [1.54, 1.807) is 6.92 Å². The van der Waals surface area contributed by atoms with Crippen molar-refractivity contribution in [3.05, 3.63) is 65.3 Å². The lowest BCUT2D eigenvalue weighted by atomic mass is 10.0. The van der Waals surface area contributed by atoms with Crippen molar-refractivity contribution in [1.29, 1.82) is 0 Å². The molecule has 7 nitrogen and oxygen atoms in total. The molecule has 1 atom stereocenters. The molecule has 1 aromatic carbocycles. The minimum Gasteiger partial charge on any atom is -0.451 e. The van der Waals surface area contributed by atoms with Crippen LogP contribution in [-0.4, -0.2) is 37.7 Å². The Kier molecular flexibility index (Phi) is 4.81. The van der Waals surface area contributed by atoms with Gasteiger partial charge in [-0.2, -0.15) is 0 Å². The van der Waals surface area contributed by atoms with E-state index >= 15 is 0 Å². The van der Waals surface area contributed by atoms with Gasteiger partial charge in [0, 0.05) is 30.1 Å². The summed E-state index contributed by atoms with van der Waals surface area (Å²) in [6.07, 6.45) is 4.88. The van der Waals surface area contributed by atoms with Crippen LogP contribution in [0.4, 0.5) is 0 Å². The van der Waals surface area contributed by atoms with E-state index < -0.39 is 0 Å². The number of hydrogen-bond donors (Lipinski definition) is 0. The van der Waals surface area contributed by atoms with Crippen molar-refractivity contribution in [2.24, 2.45) is 0 Å². The van der Waals surface area contributed by atoms with E-state index in [-0.39, 0.29) is 17.7 Å². The number of furan rings is 1. The molecule has 5 rings (SSSR count). The number of nitrogens with zero attached hydrogens (tertiary/aromatic N) is 4. The van der Waals surface area contributed by atoms with E-state index in [1.165, 1.54) is 0 Å². The van der Waals surface area contributed by atoms with Crippen LogP contribution in [0.15, 0.2) is 47.0 Å². The lowest BCUT2D eigenvalue weighted by Crippen LogP contribution is -2.31. The van der Waals surface area contributed by atoms with Crippen molar-refractivity contribution in [2.75, 3.05) is 6.54 Å². The molecule has 3 aromatic heterocycles. The Morgan fingerprint density at radius 2 is 2.06 bits per heavy atom. The van der Waals surface area contributed by atoms with E-state index in [1.807, 2.05) is 58.8 Å². The summed E-state index contributed by atoms with van der Waals surface area (Å²) >= 11 is 0. The maximum atomic E-state index is 13.5. The van der Waals surface area contributed by atoms with Gasteiger partial charge in [-0.3, -0.25) is 9.20 Å². The summed E-state index contributed by atoms with van der Waals surface area (Å²) in [7, 11) is 0. The molecule has 0 radical (unpaired) electrons. The SMILES string of the molecule is CC(=O)CCc1ccc2oc(C(=O)N3CCCC3c3nnc4ccccn34)c(C)c2c1. The number of pyridine rings is 1. The Labute approximate surface area is 179 Å². The highest BCUT2D eigenvalue weighted by Crippen LogP contribution is 2.35. The van der Waals surface area contributed by atoms with E-state index in [9.17, 15) is 9.59 Å². The number of carbonyl (C=O) groups is 2. The summed E-state index contributed by atoms with van der Waals surface area (Å²) in [6, 6.07) is 11.5. The smallest absolute Gasteiger partial charge is 0.290 e. The Morgan fingerprint density at radius 3 is 2.90 bits per heavy atom. The molecule has 4 aromatic rings. The summed E-state index contributed by atoms with van der Waals surface area (Å²) in [5.41, 5.74) is 3.37. The first kappa shape index (κ1) is 19.5. The number of Topliss-reactive ketones (excluding diaryl/α,β-unsaturated/α-hetero) is 1. The standard InChI is InChI=1S/C24H24N4O3/c1-15(29)8-9-17-10-11-20-18(14-17)16(2)22(31-20)24(30)27-13-5-6-19(27)23-26-25-21-7-3-4-12-28(21)23/h3-4,7,10-12,14,19H,5-6,8-9,13H2,1-2H3. The number of fused-ring (bicyclic) bond motifs is 2. The molecule has 1 aliphatic heterocycles. The van der Waals surface area contributed by atoms with Gasteiger partial charge in [0.15, 0.2) is 17.2 Å². The van der Waals surface area contributed by atoms with Crippen molar-refractivity contribution in [2.45, 2.75) is 45.6 Å². The van der Waals surface area contributed by atoms with Gasteiger partial charge in [0.25, 0.3) is 5.91 Å². The fraction of sp³-hybridized carbons (Fsp3) is 0.333. The number of aryl methyl sites for hydroxylation is 2. The van der Waals surface area contributed by atoms with Crippen LogP contribution in [0, 0.1) is 6.92 Å². The van der Waals surface area contributed by atoms with Gasteiger partial charge in [0.05, 0.1) is 6.04 Å². The van der Waals surface area contributed by atoms with Crippen LogP contribution in [0.25, 0.3) is 16.6 Å². The van der Waals surface area contributed by atoms with Crippen molar-refractivity contribution >= 4 is 28.3 Å². The van der Waals surface area contributed by atoms with Crippen molar-refractivity contribution in [3.63, 3.8) is 0 Å². The molecule has 4 heterocycles. The Hall–Kier alpha value is -3.48. The minimum absolute atomic E-state index is 0.117. The van der Waals surface area contributed by atoms with Crippen LogP contribution >= 0.6 is 0 Å². The molecule has 1 aliphatic rings. The van der Waals surface area contributed by atoms with Gasteiger partial charge in [0.1, 0.15) is 11.4 Å². The molecule has 0 N–H and O–H groups in total. The molecular formula is C24H24N4O3. The summed E-state index contributed by atoms with van der Waals surface area (Å²) in [5.74, 6) is 1.20. The largest absolute Gasteiger partial charge is 0.451 e. The molecule has 1 saturated heterocycles. The van der Waals surface area contributed by atoms with E-state index in [0.29, 0.717) is 30.7 Å². The van der Waals surface area contributed by atoms with Crippen LogP contribution in [0.5, 0.6) is 0 Å². The van der Waals surface area contributed by atoms with Gasteiger partial charge in [-0.05, 0) is 62.9 Å². The first-order valence-corrected chi connectivity index (χ1v) is 10.6. The predicted molar refractivity (Wildman–Crippen MR) is 116 cm³/mol. The maximum absolute atomic E-state index is 13.5. The number of aromatic nitrogens is 3. The van der Waals surface area contributed by atoms with Crippen LogP contribution in [0.3, 0.4) is 0 Å². The minimum atomic E-state index is -0.136. The first-order valence-electron chi connectivity index (χ1n) is 10.6. The zero-order chi connectivity index (χ0) is 21.5. The van der Waals surface area contributed by atoms with Crippen LogP contribution < -0.4 is 0 Å². The highest BCUT2D eigenvalue weighted by molar-refractivity contribution is 5.99. The Balaban J connectivity index is 1.47. The second-order valence-electron chi connectivity index (χ2n) is 8.23. The average molecular weight is 416 g/mol. The number of benzene rings is 1. The maximum Gasteiger partial charge on any atom is 0.290 e. The molecule has 1 fully saturated rings. The molecule has 0 bridgehead atoms. The second-order valence-corrected chi connectivity index (χ2v) is 8.23. The molecule has 0 saturated carbocycles. The molecule has 1 amide bonds. The number of likely N-dealkylation sites (tertiary alicyclic amines) is 1. The van der Waals surface area contributed by atoms with Crippen molar-refractivity contribution in [3.8, 4) is 0 Å². The van der Waals surface area contributed by atoms with Crippen LogP contribution in [0.1, 0.15) is 59.7 Å². The van der Waals surface area contributed by atoms with Gasteiger partial charge in [-0.15, -0.1) is 10.2 Å². The lowest BCUT2D eigenvalue weighted by molar-refractivity contribution is -0.116. The third-order valence-corrected chi connectivity index (χ3v) is 6.11. The summed E-state index contributed by atoms with van der Waals surface area (Å²) in [6.45, 7) is 4.18. The Bertz CT molecular complexity index is 1300. The van der Waals surface area contributed by atoms with Gasteiger partial charge in [-0.1, -0.05) is 12.1 Å². The van der Waals surface area contributed by atoms with Crippen LogP contribution in [-0.2, 0) is 11.2 Å². The topological polar surface area (TPSA) is 80.7 Å². The average Bonchev–Trinajstić information content (AvgIpc) is 3.48. The lowest BCUT2D eigenvalue weighted by Gasteiger charge is -2.22. The monoisotopic (exact) mass is 416 g/mol. The third-order valence-electron chi connectivity index (χ3n) is 6.11. The second kappa shape index (κ2) is 7.65. The first-order chi connectivity index (χ1) is 15.0.